The predicted molar refractivity (Wildman–Crippen MR) is 114 cm³/mol. The zero-order valence-corrected chi connectivity index (χ0v) is 17.5. The van der Waals surface area contributed by atoms with Crippen molar-refractivity contribution in [1.29, 1.82) is 0 Å². The average Bonchev–Trinajstić information content (AvgIpc) is 2.75. The number of hydrogen-bond donors (Lipinski definition) is 2. The molecule has 2 aromatic carbocycles. The Labute approximate surface area is 179 Å². The monoisotopic (exact) mass is 442 g/mol. The standard InChI is InChI=1S/C22H20F2N4O2S/c1-2-14(15-7-3-4-9-17(15)23)16-8-5-11-20-21(16)27-22(28-31(20,29)30)26-13-19-18(24)10-6-12-25-19/h3-12,14H,2,13H2,1H3,(H2,26,27,28)/t14-/m0/s1. The lowest BCUT2D eigenvalue weighted by Gasteiger charge is -2.27. The van der Waals surface area contributed by atoms with Crippen molar-refractivity contribution < 1.29 is 17.2 Å². The number of sulfonamides is 1. The number of para-hydroxylation sites is 1. The lowest BCUT2D eigenvalue weighted by molar-refractivity contribution is 0.588. The van der Waals surface area contributed by atoms with E-state index < -0.39 is 15.8 Å². The van der Waals surface area contributed by atoms with Gasteiger partial charge in [-0.1, -0.05) is 37.3 Å². The molecule has 0 bridgehead atoms. The van der Waals surface area contributed by atoms with Gasteiger partial charge in [0.1, 0.15) is 16.5 Å². The third kappa shape index (κ3) is 4.13. The first-order valence-corrected chi connectivity index (χ1v) is 11.2. The number of pyridine rings is 1. The van der Waals surface area contributed by atoms with E-state index in [1.54, 1.807) is 30.3 Å². The summed E-state index contributed by atoms with van der Waals surface area (Å²) in [6.45, 7) is 1.75. The molecule has 1 atom stereocenters. The van der Waals surface area contributed by atoms with E-state index in [1.807, 2.05) is 6.92 Å². The lowest BCUT2D eigenvalue weighted by atomic mass is 9.87. The molecule has 0 aliphatic carbocycles. The van der Waals surface area contributed by atoms with Crippen LogP contribution in [0.15, 0.2) is 70.7 Å². The molecule has 0 fully saturated rings. The van der Waals surface area contributed by atoms with Gasteiger partial charge < -0.3 is 5.32 Å². The minimum atomic E-state index is -3.91. The minimum Gasteiger partial charge on any atom is -0.324 e. The number of rotatable bonds is 5. The van der Waals surface area contributed by atoms with E-state index in [0.717, 1.165) is 0 Å². The maximum Gasteiger partial charge on any atom is 0.266 e. The van der Waals surface area contributed by atoms with Crippen LogP contribution in [-0.4, -0.2) is 19.4 Å². The van der Waals surface area contributed by atoms with Gasteiger partial charge in [0.05, 0.1) is 17.9 Å². The number of aromatic nitrogens is 1. The van der Waals surface area contributed by atoms with Crippen LogP contribution in [-0.2, 0) is 16.6 Å². The molecule has 4 rings (SSSR count). The Morgan fingerprint density at radius 3 is 2.48 bits per heavy atom. The molecule has 9 heteroatoms. The van der Waals surface area contributed by atoms with Crippen LogP contribution >= 0.6 is 0 Å². The van der Waals surface area contributed by atoms with E-state index in [2.05, 4.69) is 20.0 Å². The van der Waals surface area contributed by atoms with E-state index in [0.29, 0.717) is 23.2 Å². The molecular formula is C22H20F2N4O2S. The number of nitrogens with one attached hydrogen (secondary N) is 2. The van der Waals surface area contributed by atoms with Crippen molar-refractivity contribution in [2.45, 2.75) is 30.7 Å². The molecule has 31 heavy (non-hydrogen) atoms. The third-order valence-electron chi connectivity index (χ3n) is 5.11. The highest BCUT2D eigenvalue weighted by atomic mass is 32.2. The molecule has 1 aromatic heterocycles. The molecule has 1 aliphatic heterocycles. The Morgan fingerprint density at radius 1 is 1.00 bits per heavy atom. The molecule has 2 N–H and O–H groups in total. The summed E-state index contributed by atoms with van der Waals surface area (Å²) >= 11 is 0. The van der Waals surface area contributed by atoms with Gasteiger partial charge in [0.25, 0.3) is 10.0 Å². The largest absolute Gasteiger partial charge is 0.324 e. The molecule has 0 radical (unpaired) electrons. The fourth-order valence-electron chi connectivity index (χ4n) is 3.65. The van der Waals surface area contributed by atoms with E-state index in [4.69, 9.17) is 0 Å². The van der Waals surface area contributed by atoms with Crippen molar-refractivity contribution in [3.63, 3.8) is 0 Å². The van der Waals surface area contributed by atoms with Gasteiger partial charge in [-0.15, -0.1) is 0 Å². The second-order valence-electron chi connectivity index (χ2n) is 7.03. The zero-order valence-electron chi connectivity index (χ0n) is 16.6. The minimum absolute atomic E-state index is 0.0442. The van der Waals surface area contributed by atoms with Crippen LogP contribution in [0.25, 0.3) is 0 Å². The third-order valence-corrected chi connectivity index (χ3v) is 6.49. The fraction of sp³-hybridized carbons (Fsp3) is 0.182. The Bertz CT molecular complexity index is 1260. The van der Waals surface area contributed by atoms with Crippen molar-refractivity contribution in [2.24, 2.45) is 4.99 Å². The number of guanidine groups is 1. The molecule has 3 aromatic rings. The summed E-state index contributed by atoms with van der Waals surface area (Å²) in [6, 6.07) is 14.0. The number of hydrogen-bond acceptors (Lipinski definition) is 4. The second-order valence-corrected chi connectivity index (χ2v) is 8.68. The van der Waals surface area contributed by atoms with Crippen molar-refractivity contribution in [3.8, 4) is 0 Å². The van der Waals surface area contributed by atoms with Gasteiger partial charge in [-0.05, 0) is 41.8 Å². The molecule has 160 valence electrons. The normalized spacial score (nSPS) is 16.8. The first-order chi connectivity index (χ1) is 14.9. The van der Waals surface area contributed by atoms with Crippen LogP contribution < -0.4 is 10.0 Å². The second kappa shape index (κ2) is 8.43. The van der Waals surface area contributed by atoms with Crippen LogP contribution in [0, 0.1) is 11.6 Å². The molecule has 0 unspecified atom stereocenters. The van der Waals surface area contributed by atoms with Gasteiger partial charge in [-0.3, -0.25) is 4.98 Å². The molecule has 0 saturated carbocycles. The van der Waals surface area contributed by atoms with E-state index in [-0.39, 0.29) is 34.8 Å². The van der Waals surface area contributed by atoms with Crippen LogP contribution in [0.4, 0.5) is 14.5 Å². The summed E-state index contributed by atoms with van der Waals surface area (Å²) in [6.07, 6.45) is 1.99. The van der Waals surface area contributed by atoms with Crippen molar-refractivity contribution in [2.75, 3.05) is 5.32 Å². The van der Waals surface area contributed by atoms with Crippen LogP contribution in [0.1, 0.15) is 36.1 Å². The molecule has 0 saturated heterocycles. The Balaban J connectivity index is 1.76. The maximum absolute atomic E-state index is 14.5. The molecular weight excluding hydrogens is 422 g/mol. The SMILES string of the molecule is CC[C@@H](c1ccccc1F)c1cccc2c1NC(=NCc1ncccc1F)NS2(=O)=O. The van der Waals surface area contributed by atoms with Crippen LogP contribution in [0.3, 0.4) is 0 Å². The number of nitrogens with zero attached hydrogens (tertiary/aromatic N) is 2. The summed E-state index contributed by atoms with van der Waals surface area (Å²) in [5.41, 5.74) is 1.53. The van der Waals surface area contributed by atoms with Gasteiger partial charge >= 0.3 is 0 Å². The molecule has 0 amide bonds. The topological polar surface area (TPSA) is 83.4 Å². The number of halogens is 2. The van der Waals surface area contributed by atoms with E-state index >= 15 is 0 Å². The smallest absolute Gasteiger partial charge is 0.266 e. The summed E-state index contributed by atoms with van der Waals surface area (Å²) in [7, 11) is -3.91. The lowest BCUT2D eigenvalue weighted by Crippen LogP contribution is -2.41. The molecule has 2 heterocycles. The molecule has 6 nitrogen and oxygen atoms in total. The van der Waals surface area contributed by atoms with Crippen molar-refractivity contribution in [3.05, 3.63) is 89.2 Å². The highest BCUT2D eigenvalue weighted by Gasteiger charge is 2.31. The van der Waals surface area contributed by atoms with Crippen LogP contribution in [0.2, 0.25) is 0 Å². The van der Waals surface area contributed by atoms with Crippen LogP contribution in [0.5, 0.6) is 0 Å². The van der Waals surface area contributed by atoms with Gasteiger partial charge in [0, 0.05) is 12.1 Å². The Morgan fingerprint density at radius 2 is 1.74 bits per heavy atom. The quantitative estimate of drug-likeness (QED) is 0.622. The summed E-state index contributed by atoms with van der Waals surface area (Å²) in [5.74, 6) is -1.31. The highest BCUT2D eigenvalue weighted by molar-refractivity contribution is 7.90. The average molecular weight is 442 g/mol. The first kappa shape index (κ1) is 20.9. The Hall–Kier alpha value is -3.33. The first-order valence-electron chi connectivity index (χ1n) is 9.71. The van der Waals surface area contributed by atoms with Gasteiger partial charge in [-0.25, -0.2) is 26.9 Å². The molecule has 1 aliphatic rings. The van der Waals surface area contributed by atoms with E-state index in [9.17, 15) is 17.2 Å². The zero-order chi connectivity index (χ0) is 22.0. The predicted octanol–water partition coefficient (Wildman–Crippen LogP) is 4.16. The van der Waals surface area contributed by atoms with E-state index in [1.165, 1.54) is 30.5 Å². The van der Waals surface area contributed by atoms with Gasteiger partial charge in [0.2, 0.25) is 5.96 Å². The summed E-state index contributed by atoms with van der Waals surface area (Å²) < 4.78 is 56.4. The number of aliphatic imine (C=N–C) groups is 1. The maximum atomic E-state index is 14.5. The summed E-state index contributed by atoms with van der Waals surface area (Å²) in [4.78, 5) is 8.13. The number of anilines is 1. The Kier molecular flexibility index (Phi) is 5.69. The number of benzene rings is 2. The van der Waals surface area contributed by atoms with Crippen molar-refractivity contribution >= 4 is 21.7 Å². The molecule has 0 spiro atoms. The van der Waals surface area contributed by atoms with Gasteiger partial charge in [-0.2, -0.15) is 0 Å². The van der Waals surface area contributed by atoms with Crippen molar-refractivity contribution in [1.82, 2.24) is 9.71 Å². The highest BCUT2D eigenvalue weighted by Crippen LogP contribution is 2.38. The summed E-state index contributed by atoms with van der Waals surface area (Å²) in [5, 5.41) is 3.00. The van der Waals surface area contributed by atoms with Gasteiger partial charge in [0.15, 0.2) is 0 Å². The number of fused-ring (bicyclic) bond motifs is 1. The fourth-order valence-corrected chi connectivity index (χ4v) is 4.82.